The zero-order valence-electron chi connectivity index (χ0n) is 12.6. The van der Waals surface area contributed by atoms with Crippen LogP contribution in [0.1, 0.15) is 31.2 Å². The molecular weight excluding hydrogens is 270 g/mol. The van der Waals surface area contributed by atoms with Crippen LogP contribution >= 0.6 is 0 Å². The number of carbonyl (C=O) groups excluding carboxylic acids is 1. The molecule has 1 aromatic rings. The number of likely N-dealkylation sites (N-methyl/N-ethyl adjacent to an activating group) is 1. The molecule has 2 atom stereocenters. The molecule has 1 aliphatic rings. The molecule has 2 N–H and O–H groups in total. The van der Waals surface area contributed by atoms with E-state index in [1.165, 1.54) is 7.11 Å². The van der Waals surface area contributed by atoms with E-state index in [1.54, 1.807) is 7.05 Å². The van der Waals surface area contributed by atoms with E-state index < -0.39 is 5.54 Å². The maximum Gasteiger partial charge on any atom is 0.326 e. The van der Waals surface area contributed by atoms with Gasteiger partial charge in [-0.05, 0) is 32.4 Å². The third-order valence-corrected chi connectivity index (χ3v) is 4.20. The van der Waals surface area contributed by atoms with E-state index in [0.29, 0.717) is 12.2 Å². The van der Waals surface area contributed by atoms with Gasteiger partial charge in [0.2, 0.25) is 0 Å². The SMILES string of the molecule is CNC1(C(=O)OC)CCCC(Oc2ccccc2CO)C1. The minimum atomic E-state index is -0.675. The second-order valence-corrected chi connectivity index (χ2v) is 5.43. The number of hydrogen-bond acceptors (Lipinski definition) is 5. The van der Waals surface area contributed by atoms with Gasteiger partial charge in [-0.2, -0.15) is 0 Å². The van der Waals surface area contributed by atoms with Gasteiger partial charge >= 0.3 is 5.97 Å². The van der Waals surface area contributed by atoms with Gasteiger partial charge in [0.15, 0.2) is 0 Å². The van der Waals surface area contributed by atoms with Crippen molar-refractivity contribution in [1.82, 2.24) is 5.32 Å². The van der Waals surface area contributed by atoms with Crippen molar-refractivity contribution in [2.24, 2.45) is 0 Å². The van der Waals surface area contributed by atoms with Crippen LogP contribution in [0.3, 0.4) is 0 Å². The lowest BCUT2D eigenvalue weighted by Crippen LogP contribution is -2.55. The smallest absolute Gasteiger partial charge is 0.326 e. The minimum Gasteiger partial charge on any atom is -0.490 e. The van der Waals surface area contributed by atoms with Crippen molar-refractivity contribution in [3.05, 3.63) is 29.8 Å². The van der Waals surface area contributed by atoms with Crippen molar-refractivity contribution in [3.63, 3.8) is 0 Å². The zero-order chi connectivity index (χ0) is 15.3. The molecule has 1 aromatic carbocycles. The van der Waals surface area contributed by atoms with Crippen molar-refractivity contribution in [2.45, 2.75) is 43.9 Å². The highest BCUT2D eigenvalue weighted by atomic mass is 16.5. The Morgan fingerprint density at radius 1 is 1.48 bits per heavy atom. The lowest BCUT2D eigenvalue weighted by atomic mass is 9.80. The van der Waals surface area contributed by atoms with E-state index in [9.17, 15) is 9.90 Å². The molecule has 5 nitrogen and oxygen atoms in total. The maximum absolute atomic E-state index is 12.1. The van der Waals surface area contributed by atoms with E-state index in [2.05, 4.69) is 5.32 Å². The molecule has 116 valence electrons. The Hall–Kier alpha value is -1.59. The van der Waals surface area contributed by atoms with E-state index in [1.807, 2.05) is 24.3 Å². The van der Waals surface area contributed by atoms with Crippen LogP contribution < -0.4 is 10.1 Å². The largest absolute Gasteiger partial charge is 0.490 e. The van der Waals surface area contributed by atoms with Crippen LogP contribution in [0.4, 0.5) is 0 Å². The summed E-state index contributed by atoms with van der Waals surface area (Å²) in [4.78, 5) is 12.1. The fraction of sp³-hybridized carbons (Fsp3) is 0.562. The van der Waals surface area contributed by atoms with Crippen LogP contribution in [-0.4, -0.2) is 36.9 Å². The number of aliphatic hydroxyl groups is 1. The normalized spacial score (nSPS) is 25.4. The molecule has 0 saturated heterocycles. The number of nitrogens with one attached hydrogen (secondary N) is 1. The van der Waals surface area contributed by atoms with Gasteiger partial charge in [-0.1, -0.05) is 18.2 Å². The number of methoxy groups -OCH3 is 1. The Labute approximate surface area is 125 Å². The van der Waals surface area contributed by atoms with Crippen molar-refractivity contribution < 1.29 is 19.4 Å². The first kappa shape index (κ1) is 15.8. The Morgan fingerprint density at radius 2 is 2.24 bits per heavy atom. The van der Waals surface area contributed by atoms with Crippen LogP contribution in [-0.2, 0) is 16.1 Å². The fourth-order valence-corrected chi connectivity index (χ4v) is 2.96. The van der Waals surface area contributed by atoms with E-state index in [-0.39, 0.29) is 18.7 Å². The molecule has 1 fully saturated rings. The molecule has 2 rings (SSSR count). The van der Waals surface area contributed by atoms with Gasteiger partial charge in [0, 0.05) is 12.0 Å². The van der Waals surface area contributed by atoms with Gasteiger partial charge in [0.25, 0.3) is 0 Å². The third kappa shape index (κ3) is 3.36. The van der Waals surface area contributed by atoms with E-state index >= 15 is 0 Å². The van der Waals surface area contributed by atoms with Gasteiger partial charge in [0.05, 0.1) is 13.7 Å². The quantitative estimate of drug-likeness (QED) is 0.808. The van der Waals surface area contributed by atoms with Crippen LogP contribution in [0.15, 0.2) is 24.3 Å². The average Bonchev–Trinajstić information content (AvgIpc) is 2.54. The first-order valence-corrected chi connectivity index (χ1v) is 7.28. The Bertz CT molecular complexity index is 491. The molecule has 0 amide bonds. The summed E-state index contributed by atoms with van der Waals surface area (Å²) in [5.41, 5.74) is 0.0856. The Morgan fingerprint density at radius 3 is 2.90 bits per heavy atom. The molecule has 1 saturated carbocycles. The van der Waals surface area contributed by atoms with Gasteiger partial charge in [-0.3, -0.25) is 4.79 Å². The topological polar surface area (TPSA) is 67.8 Å². The molecule has 21 heavy (non-hydrogen) atoms. The molecule has 1 aliphatic carbocycles. The summed E-state index contributed by atoms with van der Waals surface area (Å²) >= 11 is 0. The van der Waals surface area contributed by atoms with Gasteiger partial charge in [0.1, 0.15) is 17.4 Å². The summed E-state index contributed by atoms with van der Waals surface area (Å²) in [6.45, 7) is -0.0585. The number of ether oxygens (including phenoxy) is 2. The fourth-order valence-electron chi connectivity index (χ4n) is 2.96. The highest BCUT2D eigenvalue weighted by molar-refractivity contribution is 5.81. The molecule has 0 aromatic heterocycles. The Kier molecular flexibility index (Phi) is 5.20. The summed E-state index contributed by atoms with van der Waals surface area (Å²) in [7, 11) is 3.19. The summed E-state index contributed by atoms with van der Waals surface area (Å²) < 4.78 is 11.0. The molecule has 0 heterocycles. The van der Waals surface area contributed by atoms with Crippen molar-refractivity contribution in [1.29, 1.82) is 0 Å². The lowest BCUT2D eigenvalue weighted by molar-refractivity contribution is -0.151. The highest BCUT2D eigenvalue weighted by Gasteiger charge is 2.43. The molecular formula is C16H23NO4. The molecule has 2 unspecified atom stereocenters. The molecule has 0 bridgehead atoms. The summed E-state index contributed by atoms with van der Waals surface area (Å²) in [6, 6.07) is 7.43. The number of hydrogen-bond donors (Lipinski definition) is 2. The second-order valence-electron chi connectivity index (χ2n) is 5.43. The van der Waals surface area contributed by atoms with Gasteiger partial charge in [-0.25, -0.2) is 0 Å². The predicted octanol–water partition coefficient (Wildman–Crippen LogP) is 1.63. The van der Waals surface area contributed by atoms with Crippen LogP contribution in [0, 0.1) is 0 Å². The summed E-state index contributed by atoms with van der Waals surface area (Å²) in [5.74, 6) is 0.440. The first-order valence-electron chi connectivity index (χ1n) is 7.28. The standard InChI is InChI=1S/C16H23NO4/c1-17-16(15(19)20-2)9-5-7-13(10-16)21-14-8-4-3-6-12(14)11-18/h3-4,6,8,13,17-18H,5,7,9-11H2,1-2H3. The molecule has 0 spiro atoms. The highest BCUT2D eigenvalue weighted by Crippen LogP contribution is 2.32. The molecule has 0 radical (unpaired) electrons. The van der Waals surface area contributed by atoms with Gasteiger partial charge < -0.3 is 19.9 Å². The third-order valence-electron chi connectivity index (χ3n) is 4.20. The number of carbonyl (C=O) groups is 1. The first-order chi connectivity index (χ1) is 10.1. The summed E-state index contributed by atoms with van der Waals surface area (Å²) in [6.07, 6.45) is 3.02. The number of para-hydroxylation sites is 1. The van der Waals surface area contributed by atoms with E-state index in [4.69, 9.17) is 9.47 Å². The zero-order valence-corrected chi connectivity index (χ0v) is 12.6. The molecule has 5 heteroatoms. The van der Waals surface area contributed by atoms with Crippen molar-refractivity contribution in [3.8, 4) is 5.75 Å². The monoisotopic (exact) mass is 293 g/mol. The van der Waals surface area contributed by atoms with Crippen LogP contribution in [0.25, 0.3) is 0 Å². The Balaban J connectivity index is 2.12. The number of esters is 1. The van der Waals surface area contributed by atoms with Crippen molar-refractivity contribution >= 4 is 5.97 Å². The predicted molar refractivity (Wildman–Crippen MR) is 79.1 cm³/mol. The molecule has 0 aliphatic heterocycles. The lowest BCUT2D eigenvalue weighted by Gasteiger charge is -2.38. The van der Waals surface area contributed by atoms with Crippen LogP contribution in [0.2, 0.25) is 0 Å². The number of aliphatic hydroxyl groups excluding tert-OH is 1. The number of rotatable bonds is 5. The van der Waals surface area contributed by atoms with Crippen LogP contribution in [0.5, 0.6) is 5.75 Å². The second kappa shape index (κ2) is 6.91. The number of benzene rings is 1. The summed E-state index contributed by atoms with van der Waals surface area (Å²) in [5, 5.41) is 12.5. The van der Waals surface area contributed by atoms with E-state index in [0.717, 1.165) is 24.8 Å². The van der Waals surface area contributed by atoms with Crippen molar-refractivity contribution in [2.75, 3.05) is 14.2 Å². The van der Waals surface area contributed by atoms with Gasteiger partial charge in [-0.15, -0.1) is 0 Å². The maximum atomic E-state index is 12.1. The average molecular weight is 293 g/mol. The minimum absolute atomic E-state index is 0.0585.